The second kappa shape index (κ2) is 4.67. The van der Waals surface area contributed by atoms with Crippen LogP contribution in [-0.4, -0.2) is 29.6 Å². The zero-order chi connectivity index (χ0) is 10.7. The van der Waals surface area contributed by atoms with E-state index in [9.17, 15) is 5.11 Å². The Morgan fingerprint density at radius 1 is 1.20 bits per heavy atom. The van der Waals surface area contributed by atoms with Gasteiger partial charge in [-0.1, -0.05) is 19.1 Å². The topological polar surface area (TPSA) is 23.5 Å². The second-order valence-electron chi connectivity index (χ2n) is 4.50. The van der Waals surface area contributed by atoms with E-state index >= 15 is 0 Å². The minimum atomic E-state index is 0.354. The van der Waals surface area contributed by atoms with Gasteiger partial charge in [0.15, 0.2) is 0 Å². The Labute approximate surface area is 91.5 Å². The standard InChI is InChI=1S/C13H19NO/c1-11(10-14-8-2-3-9-14)12-4-6-13(15)7-5-12/h4-7,11,15H,2-3,8-10H2,1H3. The molecule has 0 aliphatic carbocycles. The van der Waals surface area contributed by atoms with Gasteiger partial charge in [-0.3, -0.25) is 0 Å². The summed E-state index contributed by atoms with van der Waals surface area (Å²) in [6.07, 6.45) is 2.70. The average Bonchev–Trinajstić information content (AvgIpc) is 2.71. The highest BCUT2D eigenvalue weighted by atomic mass is 16.3. The van der Waals surface area contributed by atoms with Crippen LogP contribution in [-0.2, 0) is 0 Å². The Morgan fingerprint density at radius 2 is 1.80 bits per heavy atom. The van der Waals surface area contributed by atoms with Crippen LogP contribution >= 0.6 is 0 Å². The fourth-order valence-electron chi connectivity index (χ4n) is 2.26. The summed E-state index contributed by atoms with van der Waals surface area (Å²) < 4.78 is 0. The van der Waals surface area contributed by atoms with E-state index in [-0.39, 0.29) is 0 Å². The predicted molar refractivity (Wildman–Crippen MR) is 62.2 cm³/mol. The lowest BCUT2D eigenvalue weighted by atomic mass is 10.0. The fourth-order valence-corrected chi connectivity index (χ4v) is 2.26. The summed E-state index contributed by atoms with van der Waals surface area (Å²) in [5.74, 6) is 0.913. The van der Waals surface area contributed by atoms with Gasteiger partial charge in [0.2, 0.25) is 0 Å². The molecule has 82 valence electrons. The highest BCUT2D eigenvalue weighted by molar-refractivity contribution is 5.28. The molecule has 15 heavy (non-hydrogen) atoms. The van der Waals surface area contributed by atoms with Crippen molar-refractivity contribution in [1.29, 1.82) is 0 Å². The van der Waals surface area contributed by atoms with Crippen LogP contribution < -0.4 is 0 Å². The van der Waals surface area contributed by atoms with E-state index in [2.05, 4.69) is 11.8 Å². The molecule has 1 N–H and O–H groups in total. The van der Waals surface area contributed by atoms with Gasteiger partial charge in [0.1, 0.15) is 5.75 Å². The summed E-state index contributed by atoms with van der Waals surface area (Å²) in [5, 5.41) is 9.21. The van der Waals surface area contributed by atoms with Gasteiger partial charge in [-0.05, 0) is 49.5 Å². The van der Waals surface area contributed by atoms with Crippen molar-refractivity contribution in [1.82, 2.24) is 4.90 Å². The third-order valence-electron chi connectivity index (χ3n) is 3.19. The van der Waals surface area contributed by atoms with Gasteiger partial charge >= 0.3 is 0 Å². The molecule has 0 saturated carbocycles. The molecule has 0 amide bonds. The monoisotopic (exact) mass is 205 g/mol. The lowest BCUT2D eigenvalue weighted by molar-refractivity contribution is 0.320. The Morgan fingerprint density at radius 3 is 2.40 bits per heavy atom. The molecule has 1 aliphatic heterocycles. The molecule has 1 aromatic carbocycles. The molecule has 1 heterocycles. The summed E-state index contributed by atoms with van der Waals surface area (Å²) in [4.78, 5) is 2.53. The van der Waals surface area contributed by atoms with Crippen LogP contribution in [0.5, 0.6) is 5.75 Å². The number of phenolic OH excluding ortho intramolecular Hbond substituents is 1. The largest absolute Gasteiger partial charge is 0.508 e. The molecule has 1 aromatic rings. The molecule has 0 radical (unpaired) electrons. The number of hydrogen-bond donors (Lipinski definition) is 1. The maximum absolute atomic E-state index is 9.21. The second-order valence-corrected chi connectivity index (χ2v) is 4.50. The van der Waals surface area contributed by atoms with Crippen molar-refractivity contribution in [3.63, 3.8) is 0 Å². The van der Waals surface area contributed by atoms with Gasteiger partial charge in [-0.2, -0.15) is 0 Å². The van der Waals surface area contributed by atoms with E-state index in [1.165, 1.54) is 31.5 Å². The minimum absolute atomic E-state index is 0.354. The molecule has 2 heteroatoms. The van der Waals surface area contributed by atoms with E-state index in [1.54, 1.807) is 12.1 Å². The summed E-state index contributed by atoms with van der Waals surface area (Å²) in [7, 11) is 0. The van der Waals surface area contributed by atoms with Crippen LogP contribution in [0.1, 0.15) is 31.2 Å². The molecular formula is C13H19NO. The van der Waals surface area contributed by atoms with Crippen molar-refractivity contribution in [3.05, 3.63) is 29.8 Å². The number of nitrogens with zero attached hydrogens (tertiary/aromatic N) is 1. The maximum Gasteiger partial charge on any atom is 0.115 e. The van der Waals surface area contributed by atoms with Crippen molar-refractivity contribution in [2.75, 3.05) is 19.6 Å². The molecule has 1 fully saturated rings. The lowest BCUT2D eigenvalue weighted by Crippen LogP contribution is -2.24. The number of hydrogen-bond acceptors (Lipinski definition) is 2. The summed E-state index contributed by atoms with van der Waals surface area (Å²) in [6.45, 7) is 5.90. The smallest absolute Gasteiger partial charge is 0.115 e. The SMILES string of the molecule is CC(CN1CCCC1)c1ccc(O)cc1. The number of benzene rings is 1. The van der Waals surface area contributed by atoms with Crippen molar-refractivity contribution >= 4 is 0 Å². The molecule has 0 bridgehead atoms. The third-order valence-corrected chi connectivity index (χ3v) is 3.19. The van der Waals surface area contributed by atoms with Crippen LogP contribution in [0.15, 0.2) is 24.3 Å². The van der Waals surface area contributed by atoms with Gasteiger partial charge in [0, 0.05) is 6.54 Å². The first-order valence-corrected chi connectivity index (χ1v) is 5.77. The van der Waals surface area contributed by atoms with Crippen LogP contribution in [0.3, 0.4) is 0 Å². The molecule has 1 aliphatic rings. The van der Waals surface area contributed by atoms with E-state index in [0.717, 1.165) is 6.54 Å². The van der Waals surface area contributed by atoms with Gasteiger partial charge in [-0.15, -0.1) is 0 Å². The van der Waals surface area contributed by atoms with Crippen LogP contribution in [0, 0.1) is 0 Å². The Bertz CT molecular complexity index is 301. The number of aromatic hydroxyl groups is 1. The molecule has 1 unspecified atom stereocenters. The normalized spacial score (nSPS) is 19.3. The summed E-state index contributed by atoms with van der Waals surface area (Å²) in [6, 6.07) is 7.60. The zero-order valence-electron chi connectivity index (χ0n) is 9.32. The predicted octanol–water partition coefficient (Wildman–Crippen LogP) is 2.59. The van der Waals surface area contributed by atoms with Crippen molar-refractivity contribution in [2.45, 2.75) is 25.7 Å². The summed E-state index contributed by atoms with van der Waals surface area (Å²) in [5.41, 5.74) is 1.32. The molecular weight excluding hydrogens is 186 g/mol. The zero-order valence-corrected chi connectivity index (χ0v) is 9.32. The molecule has 2 nitrogen and oxygen atoms in total. The number of phenols is 1. The van der Waals surface area contributed by atoms with Gasteiger partial charge in [0.05, 0.1) is 0 Å². The molecule has 1 atom stereocenters. The Kier molecular flexibility index (Phi) is 3.27. The lowest BCUT2D eigenvalue weighted by Gasteiger charge is -2.20. The average molecular weight is 205 g/mol. The molecule has 2 rings (SSSR count). The molecule has 0 spiro atoms. The van der Waals surface area contributed by atoms with E-state index in [1.807, 2.05) is 12.1 Å². The summed E-state index contributed by atoms with van der Waals surface area (Å²) >= 11 is 0. The van der Waals surface area contributed by atoms with Crippen LogP contribution in [0.4, 0.5) is 0 Å². The van der Waals surface area contributed by atoms with Gasteiger partial charge < -0.3 is 10.0 Å². The highest BCUT2D eigenvalue weighted by Crippen LogP contribution is 2.21. The van der Waals surface area contributed by atoms with Crippen LogP contribution in [0.2, 0.25) is 0 Å². The molecule has 1 saturated heterocycles. The van der Waals surface area contributed by atoms with Crippen molar-refractivity contribution in [3.8, 4) is 5.75 Å². The van der Waals surface area contributed by atoms with Crippen molar-refractivity contribution in [2.24, 2.45) is 0 Å². The first kappa shape index (κ1) is 10.5. The van der Waals surface area contributed by atoms with Crippen molar-refractivity contribution < 1.29 is 5.11 Å². The fraction of sp³-hybridized carbons (Fsp3) is 0.538. The molecule has 0 aromatic heterocycles. The minimum Gasteiger partial charge on any atom is -0.508 e. The van der Waals surface area contributed by atoms with E-state index in [0.29, 0.717) is 11.7 Å². The number of rotatable bonds is 3. The Hall–Kier alpha value is -1.02. The first-order chi connectivity index (χ1) is 7.25. The third kappa shape index (κ3) is 2.72. The Balaban J connectivity index is 1.94. The number of likely N-dealkylation sites (tertiary alicyclic amines) is 1. The van der Waals surface area contributed by atoms with E-state index in [4.69, 9.17) is 0 Å². The quantitative estimate of drug-likeness (QED) is 0.820. The van der Waals surface area contributed by atoms with E-state index < -0.39 is 0 Å². The van der Waals surface area contributed by atoms with Crippen LogP contribution in [0.25, 0.3) is 0 Å². The maximum atomic E-state index is 9.21. The van der Waals surface area contributed by atoms with Gasteiger partial charge in [-0.25, -0.2) is 0 Å². The highest BCUT2D eigenvalue weighted by Gasteiger charge is 2.15. The first-order valence-electron chi connectivity index (χ1n) is 5.77. The van der Waals surface area contributed by atoms with Gasteiger partial charge in [0.25, 0.3) is 0 Å².